The fourth-order valence-corrected chi connectivity index (χ4v) is 3.61. The molecular weight excluding hydrogens is 482 g/mol. The molecule has 0 saturated carbocycles. The van der Waals surface area contributed by atoms with Gasteiger partial charge in [0, 0.05) is 19.9 Å². The Kier molecular flexibility index (Phi) is 5.55. The van der Waals surface area contributed by atoms with Gasteiger partial charge in [0.25, 0.3) is 0 Å². The summed E-state index contributed by atoms with van der Waals surface area (Å²) in [5.41, 5.74) is 3.87. The standard InChI is InChI=1S/C23H15Br2NO2/c24-17-10-8-15(9-11-17)14-28-23(27)20-13-22(16-4-3-5-18(25)12-16)26-21-7-2-1-6-19(20)21/h1-13H,14H2. The van der Waals surface area contributed by atoms with Gasteiger partial charge < -0.3 is 4.74 Å². The number of pyridine rings is 1. The second-order valence-corrected chi connectivity index (χ2v) is 8.12. The number of nitrogens with zero attached hydrogens (tertiary/aromatic N) is 1. The number of carbonyl (C=O) groups is 1. The summed E-state index contributed by atoms with van der Waals surface area (Å²) in [6.45, 7) is 0.217. The van der Waals surface area contributed by atoms with Gasteiger partial charge in [0.05, 0.1) is 16.8 Å². The lowest BCUT2D eigenvalue weighted by Crippen LogP contribution is -2.07. The quantitative estimate of drug-likeness (QED) is 0.292. The molecule has 4 aromatic rings. The zero-order valence-corrected chi connectivity index (χ0v) is 17.9. The molecule has 0 unspecified atom stereocenters. The van der Waals surface area contributed by atoms with Gasteiger partial charge in [-0.2, -0.15) is 0 Å². The van der Waals surface area contributed by atoms with Gasteiger partial charge in [-0.25, -0.2) is 9.78 Å². The number of fused-ring (bicyclic) bond motifs is 1. The Balaban J connectivity index is 1.70. The van der Waals surface area contributed by atoms with Crippen LogP contribution in [-0.4, -0.2) is 11.0 Å². The molecule has 1 heterocycles. The molecule has 28 heavy (non-hydrogen) atoms. The number of halogens is 2. The molecule has 3 nitrogen and oxygen atoms in total. The van der Waals surface area contributed by atoms with Crippen molar-refractivity contribution in [1.29, 1.82) is 0 Å². The van der Waals surface area contributed by atoms with Crippen LogP contribution in [0, 0.1) is 0 Å². The van der Waals surface area contributed by atoms with Gasteiger partial charge in [-0.1, -0.05) is 74.3 Å². The van der Waals surface area contributed by atoms with Crippen LogP contribution in [0.1, 0.15) is 15.9 Å². The Morgan fingerprint density at radius 1 is 0.857 bits per heavy atom. The third-order valence-corrected chi connectivity index (χ3v) is 5.36. The second kappa shape index (κ2) is 8.25. The first kappa shape index (κ1) is 18.8. The monoisotopic (exact) mass is 495 g/mol. The highest BCUT2D eigenvalue weighted by Crippen LogP contribution is 2.27. The number of hydrogen-bond acceptors (Lipinski definition) is 3. The van der Waals surface area contributed by atoms with Crippen LogP contribution < -0.4 is 0 Å². The van der Waals surface area contributed by atoms with Crippen LogP contribution >= 0.6 is 31.9 Å². The van der Waals surface area contributed by atoms with Gasteiger partial charge in [0.1, 0.15) is 6.61 Å². The highest BCUT2D eigenvalue weighted by Gasteiger charge is 2.15. The number of hydrogen-bond donors (Lipinski definition) is 0. The first-order valence-electron chi connectivity index (χ1n) is 8.67. The lowest BCUT2D eigenvalue weighted by molar-refractivity contribution is 0.0475. The van der Waals surface area contributed by atoms with Gasteiger partial charge in [0.15, 0.2) is 0 Å². The summed E-state index contributed by atoms with van der Waals surface area (Å²) in [7, 11) is 0. The lowest BCUT2D eigenvalue weighted by Gasteiger charge is -2.10. The summed E-state index contributed by atoms with van der Waals surface area (Å²) in [4.78, 5) is 17.6. The Morgan fingerprint density at radius 2 is 1.64 bits per heavy atom. The van der Waals surface area contributed by atoms with Crippen LogP contribution in [0.25, 0.3) is 22.2 Å². The Bertz CT molecular complexity index is 1160. The Morgan fingerprint density at radius 3 is 2.43 bits per heavy atom. The average Bonchev–Trinajstić information content (AvgIpc) is 2.72. The van der Waals surface area contributed by atoms with E-state index >= 15 is 0 Å². The van der Waals surface area contributed by atoms with E-state index in [-0.39, 0.29) is 12.6 Å². The molecule has 0 saturated heterocycles. The molecule has 3 aromatic carbocycles. The third kappa shape index (κ3) is 4.16. The van der Waals surface area contributed by atoms with E-state index in [0.717, 1.165) is 36.7 Å². The van der Waals surface area contributed by atoms with Crippen molar-refractivity contribution in [3.05, 3.63) is 98.9 Å². The van der Waals surface area contributed by atoms with Gasteiger partial charge in [-0.15, -0.1) is 0 Å². The van der Waals surface area contributed by atoms with E-state index in [1.165, 1.54) is 0 Å². The van der Waals surface area contributed by atoms with Crippen LogP contribution in [0.4, 0.5) is 0 Å². The molecule has 4 rings (SSSR count). The van der Waals surface area contributed by atoms with E-state index in [2.05, 4.69) is 31.9 Å². The molecule has 0 aliphatic carbocycles. The minimum atomic E-state index is -0.363. The lowest BCUT2D eigenvalue weighted by atomic mass is 10.0. The summed E-state index contributed by atoms with van der Waals surface area (Å²) in [6, 6.07) is 25.0. The van der Waals surface area contributed by atoms with Crippen molar-refractivity contribution >= 4 is 48.7 Å². The molecule has 1 aromatic heterocycles. The maximum atomic E-state index is 12.9. The number of esters is 1. The van der Waals surface area contributed by atoms with Crippen molar-refractivity contribution in [2.24, 2.45) is 0 Å². The third-order valence-electron chi connectivity index (χ3n) is 4.34. The molecule has 0 N–H and O–H groups in total. The van der Waals surface area contributed by atoms with Gasteiger partial charge in [-0.3, -0.25) is 0 Å². The number of carbonyl (C=O) groups excluding carboxylic acids is 1. The average molecular weight is 497 g/mol. The maximum Gasteiger partial charge on any atom is 0.339 e. The number of rotatable bonds is 4. The van der Waals surface area contributed by atoms with E-state index in [4.69, 9.17) is 9.72 Å². The van der Waals surface area contributed by atoms with Crippen molar-refractivity contribution in [3.8, 4) is 11.3 Å². The molecule has 138 valence electrons. The van der Waals surface area contributed by atoms with E-state index in [9.17, 15) is 4.79 Å². The minimum absolute atomic E-state index is 0.217. The molecule has 0 bridgehead atoms. The number of aromatic nitrogens is 1. The van der Waals surface area contributed by atoms with E-state index in [0.29, 0.717) is 5.56 Å². The molecule has 0 spiro atoms. The highest BCUT2D eigenvalue weighted by molar-refractivity contribution is 9.10. The van der Waals surface area contributed by atoms with Crippen molar-refractivity contribution in [3.63, 3.8) is 0 Å². The number of benzene rings is 3. The molecular formula is C23H15Br2NO2. The van der Waals surface area contributed by atoms with Gasteiger partial charge in [0.2, 0.25) is 0 Å². The van der Waals surface area contributed by atoms with Crippen molar-refractivity contribution < 1.29 is 9.53 Å². The van der Waals surface area contributed by atoms with Crippen LogP contribution in [0.15, 0.2) is 87.8 Å². The van der Waals surface area contributed by atoms with Crippen LogP contribution in [0.5, 0.6) is 0 Å². The zero-order valence-electron chi connectivity index (χ0n) is 14.7. The summed E-state index contributed by atoms with van der Waals surface area (Å²) in [5, 5.41) is 0.780. The van der Waals surface area contributed by atoms with Gasteiger partial charge >= 0.3 is 5.97 Å². The van der Waals surface area contributed by atoms with Crippen LogP contribution in [0.2, 0.25) is 0 Å². The molecule has 0 amide bonds. The van der Waals surface area contributed by atoms with Crippen molar-refractivity contribution in [1.82, 2.24) is 4.98 Å². The summed E-state index contributed by atoms with van der Waals surface area (Å²) >= 11 is 6.90. The maximum absolute atomic E-state index is 12.9. The number of ether oxygens (including phenoxy) is 1. The fraction of sp³-hybridized carbons (Fsp3) is 0.0435. The molecule has 0 atom stereocenters. The first-order chi connectivity index (χ1) is 13.6. The molecule has 0 aliphatic rings. The smallest absolute Gasteiger partial charge is 0.339 e. The topological polar surface area (TPSA) is 39.2 Å². The number of para-hydroxylation sites is 1. The molecule has 0 aliphatic heterocycles. The van der Waals surface area contributed by atoms with E-state index < -0.39 is 0 Å². The largest absolute Gasteiger partial charge is 0.457 e. The second-order valence-electron chi connectivity index (χ2n) is 6.29. The van der Waals surface area contributed by atoms with Crippen molar-refractivity contribution in [2.45, 2.75) is 6.61 Å². The molecule has 5 heteroatoms. The van der Waals surface area contributed by atoms with E-state index in [1.807, 2.05) is 72.8 Å². The molecule has 0 radical (unpaired) electrons. The highest BCUT2D eigenvalue weighted by atomic mass is 79.9. The Hall–Kier alpha value is -2.50. The van der Waals surface area contributed by atoms with Gasteiger partial charge in [-0.05, 0) is 42.0 Å². The summed E-state index contributed by atoms with van der Waals surface area (Å²) in [5.74, 6) is -0.363. The van der Waals surface area contributed by atoms with Crippen molar-refractivity contribution in [2.75, 3.05) is 0 Å². The summed E-state index contributed by atoms with van der Waals surface area (Å²) in [6.07, 6.45) is 0. The van der Waals surface area contributed by atoms with Crippen LogP contribution in [-0.2, 0) is 11.3 Å². The predicted octanol–water partition coefficient (Wildman–Crippen LogP) is 6.78. The minimum Gasteiger partial charge on any atom is -0.457 e. The fourth-order valence-electron chi connectivity index (χ4n) is 2.95. The summed E-state index contributed by atoms with van der Waals surface area (Å²) < 4.78 is 7.53. The normalized spacial score (nSPS) is 10.8. The molecule has 0 fully saturated rings. The predicted molar refractivity (Wildman–Crippen MR) is 118 cm³/mol. The van der Waals surface area contributed by atoms with E-state index in [1.54, 1.807) is 6.07 Å². The zero-order chi connectivity index (χ0) is 19.5. The SMILES string of the molecule is O=C(OCc1ccc(Br)cc1)c1cc(-c2cccc(Br)c2)nc2ccccc12. The van der Waals surface area contributed by atoms with Crippen LogP contribution in [0.3, 0.4) is 0 Å². The Labute approximate surface area is 179 Å². The first-order valence-corrected chi connectivity index (χ1v) is 10.3.